The zero-order valence-electron chi connectivity index (χ0n) is 33.3. The van der Waals surface area contributed by atoms with Gasteiger partial charge in [0.25, 0.3) is 0 Å². The fourth-order valence-electron chi connectivity index (χ4n) is 5.63. The van der Waals surface area contributed by atoms with Crippen molar-refractivity contribution in [3.63, 3.8) is 0 Å². The first-order valence-electron chi connectivity index (χ1n) is 17.7. The molecule has 0 amide bonds. The van der Waals surface area contributed by atoms with Crippen LogP contribution < -0.4 is 4.74 Å². The van der Waals surface area contributed by atoms with Crippen LogP contribution in [0.5, 0.6) is 5.75 Å². The van der Waals surface area contributed by atoms with E-state index in [9.17, 15) is 4.79 Å². The van der Waals surface area contributed by atoms with Crippen LogP contribution in [-0.4, -0.2) is 74.9 Å². The Kier molecular flexibility index (Phi) is 16.3. The maximum Gasteiger partial charge on any atom is 0.311 e. The number of carbonyl (C=O) groups is 1. The van der Waals surface area contributed by atoms with Crippen molar-refractivity contribution in [3.8, 4) is 17.6 Å². The summed E-state index contributed by atoms with van der Waals surface area (Å²) in [6, 6.07) is 7.57. The van der Waals surface area contributed by atoms with Gasteiger partial charge in [0.2, 0.25) is 0 Å². The normalized spacial score (nSPS) is 23.8. The van der Waals surface area contributed by atoms with E-state index in [2.05, 4.69) is 92.2 Å². The number of hydrogen-bond acceptors (Lipinski definition) is 8. The second-order valence-electron chi connectivity index (χ2n) is 16.2. The Balaban J connectivity index is 2.48. The predicted molar refractivity (Wildman–Crippen MR) is 202 cm³/mol. The van der Waals surface area contributed by atoms with Gasteiger partial charge in [-0.05, 0) is 51.0 Å². The molecular formula is C39H66O8Si2. The lowest BCUT2D eigenvalue weighted by molar-refractivity contribution is -0.284. The van der Waals surface area contributed by atoms with Crippen LogP contribution in [0.1, 0.15) is 73.7 Å². The van der Waals surface area contributed by atoms with Crippen molar-refractivity contribution in [2.75, 3.05) is 28.1 Å². The topological polar surface area (TPSA) is 81.7 Å². The van der Waals surface area contributed by atoms with E-state index >= 15 is 0 Å². The van der Waals surface area contributed by atoms with Crippen molar-refractivity contribution in [3.05, 3.63) is 41.1 Å². The number of carbonyl (C=O) groups excluding carboxylic acids is 1. The van der Waals surface area contributed by atoms with Gasteiger partial charge in [-0.2, -0.15) is 0 Å². The summed E-state index contributed by atoms with van der Waals surface area (Å²) in [6.07, 6.45) is 0.849. The summed E-state index contributed by atoms with van der Waals surface area (Å²) in [5.74, 6) is 6.89. The molecule has 1 aromatic rings. The van der Waals surface area contributed by atoms with Gasteiger partial charge in [-0.1, -0.05) is 89.5 Å². The Labute approximate surface area is 300 Å². The molecular weight excluding hydrogens is 653 g/mol. The zero-order chi connectivity index (χ0) is 37.3. The predicted octanol–water partition coefficient (Wildman–Crippen LogP) is 8.79. The highest BCUT2D eigenvalue weighted by Gasteiger charge is 2.44. The first-order valence-corrected chi connectivity index (χ1v) is 24.1. The molecule has 0 radical (unpaired) electrons. The summed E-state index contributed by atoms with van der Waals surface area (Å²) in [5.41, 5.74) is 0.829. The molecule has 0 aromatic heterocycles. The van der Waals surface area contributed by atoms with E-state index < -0.39 is 40.8 Å². The van der Waals surface area contributed by atoms with Gasteiger partial charge < -0.3 is 32.8 Å². The molecule has 10 heteroatoms. The Bertz CT molecular complexity index is 1270. The number of methoxy groups -OCH3 is 3. The molecule has 1 fully saturated rings. The van der Waals surface area contributed by atoms with Crippen LogP contribution in [0.3, 0.4) is 0 Å². The Morgan fingerprint density at radius 1 is 0.980 bits per heavy atom. The summed E-state index contributed by atoms with van der Waals surface area (Å²) >= 11 is 0. The van der Waals surface area contributed by atoms with E-state index in [1.165, 1.54) is 12.3 Å². The maximum atomic E-state index is 12.7. The van der Waals surface area contributed by atoms with Crippen LogP contribution >= 0.6 is 0 Å². The number of benzene rings is 1. The van der Waals surface area contributed by atoms with Crippen LogP contribution in [0.2, 0.25) is 37.8 Å². The molecule has 0 aliphatic carbocycles. The number of hydrogen-bond donors (Lipinski definition) is 0. The fourth-order valence-corrected chi connectivity index (χ4v) is 7.85. The second-order valence-corrected chi connectivity index (χ2v) is 26.3. The van der Waals surface area contributed by atoms with Crippen molar-refractivity contribution in [1.82, 2.24) is 0 Å². The van der Waals surface area contributed by atoms with Gasteiger partial charge in [0.05, 0.1) is 46.5 Å². The highest BCUT2D eigenvalue weighted by molar-refractivity contribution is 6.82. The third-order valence-electron chi connectivity index (χ3n) is 10.4. The van der Waals surface area contributed by atoms with E-state index in [4.69, 9.17) is 32.8 Å². The largest absolute Gasteiger partial charge is 0.497 e. The molecule has 0 bridgehead atoms. The minimum Gasteiger partial charge on any atom is -0.497 e. The van der Waals surface area contributed by atoms with Crippen LogP contribution in [0.25, 0.3) is 0 Å². The summed E-state index contributed by atoms with van der Waals surface area (Å²) < 4.78 is 42.1. The lowest BCUT2D eigenvalue weighted by Gasteiger charge is -2.43. The van der Waals surface area contributed by atoms with Crippen molar-refractivity contribution in [1.29, 1.82) is 0 Å². The molecule has 2 rings (SSSR count). The molecule has 0 N–H and O–H groups in total. The monoisotopic (exact) mass is 718 g/mol. The standard InChI is InChI=1S/C39H66O8Si2/c1-26(35(47-49(15,16)39(6,7)8)27(2)23-28(3)48(12,13)14)17-20-33(44-25-41-9)24-34-29(4)36(30(5)37(40)43-11)46-38(45-34)31-18-21-32(42-10)22-19-31/h18-19,21-23,26-27,29-30,33-36,38H,24-25H2,1-16H3/b28-23+/t26-,27-,29-,30+,33+,34-,35-,36-,38+/m0/s1. The molecule has 1 aliphatic heterocycles. The van der Waals surface area contributed by atoms with E-state index in [1.54, 1.807) is 14.2 Å². The first-order chi connectivity index (χ1) is 22.7. The number of allylic oxidation sites excluding steroid dienone is 1. The van der Waals surface area contributed by atoms with E-state index in [1.807, 2.05) is 38.1 Å². The SMILES string of the molecule is COCO[C@H](C#C[C@H](C)[C@H](O[Si](C)(C)C(C)(C)C)[C@@H](C)/C=C(\C)[Si](C)(C)C)C[C@@H]1O[C@@H](c2ccc(OC)cc2)O[C@H]([C@@H](C)C(=O)OC)[C@H]1C. The quantitative estimate of drug-likeness (QED) is 0.0771. The second kappa shape index (κ2) is 18.5. The first kappa shape index (κ1) is 43.2. The summed E-state index contributed by atoms with van der Waals surface area (Å²) in [4.78, 5) is 12.7. The third-order valence-corrected chi connectivity index (χ3v) is 17.4. The number of ether oxygens (including phenoxy) is 6. The molecule has 1 aromatic carbocycles. The lowest BCUT2D eigenvalue weighted by atomic mass is 9.85. The molecule has 0 spiro atoms. The van der Waals surface area contributed by atoms with Crippen LogP contribution in [0.4, 0.5) is 0 Å². The molecule has 49 heavy (non-hydrogen) atoms. The summed E-state index contributed by atoms with van der Waals surface area (Å²) in [6.45, 7) is 29.2. The van der Waals surface area contributed by atoms with E-state index in [-0.39, 0.29) is 47.8 Å². The van der Waals surface area contributed by atoms with Gasteiger partial charge in [0, 0.05) is 36.8 Å². The van der Waals surface area contributed by atoms with Gasteiger partial charge in [0.1, 0.15) is 18.6 Å². The van der Waals surface area contributed by atoms with Gasteiger partial charge in [-0.15, -0.1) is 0 Å². The minimum atomic E-state index is -2.11. The molecule has 8 nitrogen and oxygen atoms in total. The average molecular weight is 719 g/mol. The molecule has 0 saturated carbocycles. The highest BCUT2D eigenvalue weighted by atomic mass is 28.4. The molecule has 1 saturated heterocycles. The molecule has 9 atom stereocenters. The van der Waals surface area contributed by atoms with Crippen LogP contribution in [0.15, 0.2) is 35.5 Å². The molecule has 1 aliphatic rings. The minimum absolute atomic E-state index is 0.0596. The Hall–Kier alpha value is -1.98. The van der Waals surface area contributed by atoms with Crippen molar-refractivity contribution < 1.29 is 37.6 Å². The fraction of sp³-hybridized carbons (Fsp3) is 0.718. The van der Waals surface area contributed by atoms with Gasteiger partial charge in [-0.3, -0.25) is 4.79 Å². The summed E-state index contributed by atoms with van der Waals surface area (Å²) in [5, 5.41) is 1.53. The number of rotatable bonds is 15. The van der Waals surface area contributed by atoms with Crippen molar-refractivity contribution in [2.24, 2.45) is 23.7 Å². The van der Waals surface area contributed by atoms with Crippen LogP contribution in [0, 0.1) is 35.5 Å². The van der Waals surface area contributed by atoms with Gasteiger partial charge in [0.15, 0.2) is 14.6 Å². The van der Waals surface area contributed by atoms with Crippen molar-refractivity contribution in [2.45, 2.75) is 130 Å². The molecule has 1 heterocycles. The van der Waals surface area contributed by atoms with Crippen LogP contribution in [-0.2, 0) is 32.9 Å². The van der Waals surface area contributed by atoms with E-state index in [0.717, 1.165) is 11.3 Å². The lowest BCUT2D eigenvalue weighted by Crippen LogP contribution is -2.48. The smallest absolute Gasteiger partial charge is 0.311 e. The third kappa shape index (κ3) is 12.3. The van der Waals surface area contributed by atoms with Gasteiger partial charge >= 0.3 is 5.97 Å². The Morgan fingerprint density at radius 2 is 1.59 bits per heavy atom. The van der Waals surface area contributed by atoms with Gasteiger partial charge in [-0.25, -0.2) is 0 Å². The maximum absolute atomic E-state index is 12.7. The Morgan fingerprint density at radius 3 is 2.10 bits per heavy atom. The summed E-state index contributed by atoms with van der Waals surface area (Å²) in [7, 11) is 1.07. The highest BCUT2D eigenvalue weighted by Crippen LogP contribution is 2.41. The van der Waals surface area contributed by atoms with E-state index in [0.29, 0.717) is 6.42 Å². The average Bonchev–Trinajstić information content (AvgIpc) is 3.03. The number of esters is 1. The zero-order valence-corrected chi connectivity index (χ0v) is 35.3. The van der Waals surface area contributed by atoms with Crippen molar-refractivity contribution >= 4 is 22.4 Å². The molecule has 0 unspecified atom stereocenters. The molecule has 278 valence electrons.